The number of H-pyrrole nitrogens is 1. The molecule has 106 valence electrons. The molecule has 1 aromatic carbocycles. The summed E-state index contributed by atoms with van der Waals surface area (Å²) in [7, 11) is 0. The zero-order valence-corrected chi connectivity index (χ0v) is 11.9. The average Bonchev–Trinajstić information content (AvgIpc) is 2.96. The molecule has 0 saturated heterocycles. The Balaban J connectivity index is 1.67. The summed E-state index contributed by atoms with van der Waals surface area (Å²) in [6.07, 6.45) is 1.99. The van der Waals surface area contributed by atoms with Gasteiger partial charge in [0.15, 0.2) is 11.4 Å². The number of fused-ring (bicyclic) bond motifs is 1. The molecule has 3 rings (SSSR count). The molecule has 0 atom stereocenters. The lowest BCUT2D eigenvalue weighted by Gasteiger charge is -2.03. The number of carbonyl (C=O) groups is 1. The molecule has 0 unspecified atom stereocenters. The first-order valence-electron chi connectivity index (χ1n) is 6.41. The second kappa shape index (κ2) is 5.92. The molecule has 0 bridgehead atoms. The second-order valence-corrected chi connectivity index (χ2v) is 5.46. The molecule has 0 aliphatic heterocycles. The van der Waals surface area contributed by atoms with E-state index >= 15 is 0 Å². The van der Waals surface area contributed by atoms with Crippen molar-refractivity contribution in [2.45, 2.75) is 11.4 Å². The summed E-state index contributed by atoms with van der Waals surface area (Å²) in [6.45, 7) is 0. The van der Waals surface area contributed by atoms with Gasteiger partial charge in [0.1, 0.15) is 10.5 Å². The van der Waals surface area contributed by atoms with E-state index in [0.29, 0.717) is 17.8 Å². The molecule has 0 amide bonds. The molecular formula is C14H13N5OS. The highest BCUT2D eigenvalue weighted by atomic mass is 32.2. The summed E-state index contributed by atoms with van der Waals surface area (Å²) < 4.78 is 0. The highest BCUT2D eigenvalue weighted by molar-refractivity contribution is 7.99. The van der Waals surface area contributed by atoms with Crippen molar-refractivity contribution in [2.75, 3.05) is 11.5 Å². The first-order valence-corrected chi connectivity index (χ1v) is 7.40. The number of imidazole rings is 1. The van der Waals surface area contributed by atoms with E-state index in [1.165, 1.54) is 11.8 Å². The van der Waals surface area contributed by atoms with Gasteiger partial charge in [-0.2, -0.15) is 4.98 Å². The van der Waals surface area contributed by atoms with Crippen molar-refractivity contribution >= 4 is 34.7 Å². The number of hydrogen-bond donors (Lipinski definition) is 2. The van der Waals surface area contributed by atoms with Gasteiger partial charge in [-0.25, -0.2) is 9.97 Å². The van der Waals surface area contributed by atoms with Crippen LogP contribution in [0.5, 0.6) is 0 Å². The fraction of sp³-hybridized carbons (Fsp3) is 0.143. The molecule has 7 heteroatoms. The molecular weight excluding hydrogens is 286 g/mol. The van der Waals surface area contributed by atoms with Crippen molar-refractivity contribution in [3.05, 3.63) is 42.2 Å². The van der Waals surface area contributed by atoms with Gasteiger partial charge >= 0.3 is 0 Å². The highest BCUT2D eigenvalue weighted by Gasteiger charge is 2.10. The quantitative estimate of drug-likeness (QED) is 0.426. The monoisotopic (exact) mass is 299 g/mol. The number of nitrogens with two attached hydrogens (primary N) is 1. The fourth-order valence-electron chi connectivity index (χ4n) is 1.94. The van der Waals surface area contributed by atoms with E-state index in [1.54, 1.807) is 6.33 Å². The zero-order chi connectivity index (χ0) is 14.7. The number of aromatic amines is 1. The normalized spacial score (nSPS) is 10.9. The number of benzene rings is 1. The molecule has 2 aromatic heterocycles. The minimum atomic E-state index is 0.117. The smallest absolute Gasteiger partial charge is 0.223 e. The van der Waals surface area contributed by atoms with E-state index in [0.717, 1.165) is 16.1 Å². The minimum Gasteiger partial charge on any atom is -0.368 e. The summed E-state index contributed by atoms with van der Waals surface area (Å²) >= 11 is 1.47. The maximum absolute atomic E-state index is 12.0. The number of hydrogen-bond acceptors (Lipinski definition) is 6. The molecule has 0 aliphatic rings. The van der Waals surface area contributed by atoms with Crippen molar-refractivity contribution < 1.29 is 4.79 Å². The van der Waals surface area contributed by atoms with Gasteiger partial charge in [0, 0.05) is 17.7 Å². The second-order valence-electron chi connectivity index (χ2n) is 4.38. The highest BCUT2D eigenvalue weighted by Crippen LogP contribution is 2.24. The first kappa shape index (κ1) is 13.6. The van der Waals surface area contributed by atoms with Crippen LogP contribution in [-0.4, -0.2) is 31.5 Å². The van der Waals surface area contributed by atoms with E-state index in [-0.39, 0.29) is 11.7 Å². The largest absolute Gasteiger partial charge is 0.368 e. The van der Waals surface area contributed by atoms with Crippen LogP contribution in [0.3, 0.4) is 0 Å². The van der Waals surface area contributed by atoms with Gasteiger partial charge in [0.25, 0.3) is 0 Å². The van der Waals surface area contributed by atoms with Gasteiger partial charge in [-0.1, -0.05) is 30.3 Å². The van der Waals surface area contributed by atoms with Gasteiger partial charge in [-0.15, -0.1) is 11.8 Å². The summed E-state index contributed by atoms with van der Waals surface area (Å²) in [5.41, 5.74) is 7.67. The van der Waals surface area contributed by atoms with Crippen LogP contribution in [0.2, 0.25) is 0 Å². The number of nitrogen functional groups attached to an aromatic ring is 1. The number of nitrogens with one attached hydrogen (secondary N) is 1. The van der Waals surface area contributed by atoms with Crippen molar-refractivity contribution in [3.8, 4) is 0 Å². The molecule has 3 N–H and O–H groups in total. The maximum Gasteiger partial charge on any atom is 0.223 e. The first-order chi connectivity index (χ1) is 10.2. The molecule has 0 spiro atoms. The third-order valence-corrected chi connectivity index (χ3v) is 3.91. The Morgan fingerprint density at radius 1 is 1.24 bits per heavy atom. The standard InChI is InChI=1S/C14H13N5OS/c15-14-18-12-11(16-8-17-12)13(19-14)21-7-6-10(20)9-4-2-1-3-5-9/h1-5,8H,6-7H2,(H3,15,16,17,18,19). The Labute approximate surface area is 125 Å². The van der Waals surface area contributed by atoms with E-state index in [9.17, 15) is 4.79 Å². The van der Waals surface area contributed by atoms with Crippen LogP contribution in [-0.2, 0) is 0 Å². The van der Waals surface area contributed by atoms with Crippen LogP contribution < -0.4 is 5.73 Å². The molecule has 2 heterocycles. The lowest BCUT2D eigenvalue weighted by molar-refractivity contribution is 0.0989. The molecule has 0 fully saturated rings. The Kier molecular flexibility index (Phi) is 3.83. The number of aromatic nitrogens is 4. The van der Waals surface area contributed by atoms with Crippen LogP contribution in [0.25, 0.3) is 11.2 Å². The Hall–Kier alpha value is -2.41. The third kappa shape index (κ3) is 3.03. The molecule has 0 aliphatic carbocycles. The number of carbonyl (C=O) groups excluding carboxylic acids is 1. The molecule has 21 heavy (non-hydrogen) atoms. The van der Waals surface area contributed by atoms with E-state index < -0.39 is 0 Å². The number of rotatable bonds is 5. The van der Waals surface area contributed by atoms with Gasteiger partial charge < -0.3 is 10.7 Å². The van der Waals surface area contributed by atoms with Crippen molar-refractivity contribution in [2.24, 2.45) is 0 Å². The summed E-state index contributed by atoms with van der Waals surface area (Å²) in [5, 5.41) is 0.718. The number of ketones is 1. The van der Waals surface area contributed by atoms with Crippen molar-refractivity contribution in [3.63, 3.8) is 0 Å². The Morgan fingerprint density at radius 2 is 2.05 bits per heavy atom. The SMILES string of the molecule is Nc1nc(SCCC(=O)c2ccccc2)c2[nH]cnc2n1. The van der Waals surface area contributed by atoms with E-state index in [4.69, 9.17) is 5.73 Å². The fourth-order valence-corrected chi connectivity index (χ4v) is 2.87. The molecule has 3 aromatic rings. The van der Waals surface area contributed by atoms with E-state index in [2.05, 4.69) is 19.9 Å². The number of thioether (sulfide) groups is 1. The predicted octanol–water partition coefficient (Wildman–Crippen LogP) is 2.30. The zero-order valence-electron chi connectivity index (χ0n) is 11.1. The van der Waals surface area contributed by atoms with Crippen molar-refractivity contribution in [1.29, 1.82) is 0 Å². The third-order valence-electron chi connectivity index (χ3n) is 2.93. The van der Waals surface area contributed by atoms with Crippen LogP contribution in [0, 0.1) is 0 Å². The summed E-state index contributed by atoms with van der Waals surface area (Å²) in [6, 6.07) is 9.26. The van der Waals surface area contributed by atoms with Crippen LogP contribution >= 0.6 is 11.8 Å². The van der Waals surface area contributed by atoms with Crippen LogP contribution in [0.15, 0.2) is 41.7 Å². The van der Waals surface area contributed by atoms with E-state index in [1.807, 2.05) is 30.3 Å². The molecule has 6 nitrogen and oxygen atoms in total. The van der Waals surface area contributed by atoms with Gasteiger partial charge in [-0.05, 0) is 0 Å². The topological polar surface area (TPSA) is 97.5 Å². The van der Waals surface area contributed by atoms with Gasteiger partial charge in [0.05, 0.1) is 6.33 Å². The number of nitrogens with zero attached hydrogens (tertiary/aromatic N) is 3. The van der Waals surface area contributed by atoms with Gasteiger partial charge in [-0.3, -0.25) is 4.79 Å². The minimum absolute atomic E-state index is 0.117. The summed E-state index contributed by atoms with van der Waals surface area (Å²) in [4.78, 5) is 27.3. The summed E-state index contributed by atoms with van der Waals surface area (Å²) in [5.74, 6) is 0.927. The van der Waals surface area contributed by atoms with Crippen LogP contribution in [0.1, 0.15) is 16.8 Å². The number of Topliss-reactive ketones (excluding diaryl/α,β-unsaturated/α-hetero) is 1. The Morgan fingerprint density at radius 3 is 2.86 bits per heavy atom. The van der Waals surface area contributed by atoms with Crippen LogP contribution in [0.4, 0.5) is 5.95 Å². The Bertz CT molecular complexity index is 771. The predicted molar refractivity (Wildman–Crippen MR) is 82.2 cm³/mol. The maximum atomic E-state index is 12.0. The molecule has 0 radical (unpaired) electrons. The van der Waals surface area contributed by atoms with Crippen molar-refractivity contribution in [1.82, 2.24) is 19.9 Å². The lowest BCUT2D eigenvalue weighted by atomic mass is 10.1. The average molecular weight is 299 g/mol. The van der Waals surface area contributed by atoms with Gasteiger partial charge in [0.2, 0.25) is 5.95 Å². The number of anilines is 1. The molecule has 0 saturated carbocycles. The lowest BCUT2D eigenvalue weighted by Crippen LogP contribution is -2.01.